The molecule has 0 saturated carbocycles. The number of hydrogen-bond donors (Lipinski definition) is 0. The van der Waals surface area contributed by atoms with Gasteiger partial charge in [-0.15, -0.1) is 10.2 Å². The molecule has 0 unspecified atom stereocenters. The second-order valence-corrected chi connectivity index (χ2v) is 9.18. The molecule has 0 N–H and O–H groups in total. The predicted octanol–water partition coefficient (Wildman–Crippen LogP) is 4.59. The van der Waals surface area contributed by atoms with Crippen molar-refractivity contribution in [1.29, 1.82) is 0 Å². The number of aryl methyl sites for hydroxylation is 2. The Balaban J connectivity index is 0.000000230. The first-order valence-corrected chi connectivity index (χ1v) is 13.7. The van der Waals surface area contributed by atoms with Crippen molar-refractivity contribution in [3.63, 3.8) is 0 Å². The number of methoxy groups -OCH3 is 4. The minimum Gasteiger partial charge on any atom is -0.496 e. The van der Waals surface area contributed by atoms with Crippen LogP contribution in [0.4, 0.5) is 0 Å². The molecule has 224 valence electrons. The summed E-state index contributed by atoms with van der Waals surface area (Å²) in [6.07, 6.45) is 7.69. The smallest absolute Gasteiger partial charge is 0.305 e. The molecule has 4 rings (SSSR count). The number of nitrogens with zero attached hydrogens (tertiary/aromatic N) is 6. The summed E-state index contributed by atoms with van der Waals surface area (Å²) in [5, 5.41) is 16.3. The highest BCUT2D eigenvalue weighted by atomic mass is 16.5. The van der Waals surface area contributed by atoms with Crippen LogP contribution in [0.5, 0.6) is 11.5 Å². The Hall–Kier alpha value is -4.74. The molecule has 0 atom stereocenters. The maximum atomic E-state index is 11.1. The zero-order valence-corrected chi connectivity index (χ0v) is 24.6. The lowest BCUT2D eigenvalue weighted by molar-refractivity contribution is -0.141. The Morgan fingerprint density at radius 1 is 0.714 bits per heavy atom. The number of carbonyl (C=O) groups excluding carboxylic acids is 2. The van der Waals surface area contributed by atoms with Crippen molar-refractivity contribution in [1.82, 2.24) is 30.0 Å². The number of unbranched alkanes of at least 4 members (excludes halogenated alkanes) is 2. The van der Waals surface area contributed by atoms with Crippen LogP contribution < -0.4 is 9.47 Å². The fourth-order valence-corrected chi connectivity index (χ4v) is 4.15. The van der Waals surface area contributed by atoms with Crippen LogP contribution in [0.3, 0.4) is 0 Å². The van der Waals surface area contributed by atoms with Crippen LogP contribution in [-0.2, 0) is 32.2 Å². The second-order valence-electron chi connectivity index (χ2n) is 9.18. The number of carbonyl (C=O) groups is 2. The summed E-state index contributed by atoms with van der Waals surface area (Å²) >= 11 is 0. The summed E-state index contributed by atoms with van der Waals surface area (Å²) in [6.45, 7) is 1.42. The lowest BCUT2D eigenvalue weighted by atomic mass is 10.1. The van der Waals surface area contributed by atoms with E-state index in [9.17, 15) is 9.59 Å². The minimum absolute atomic E-state index is 0.177. The molecule has 2 aromatic heterocycles. The van der Waals surface area contributed by atoms with E-state index in [2.05, 4.69) is 30.1 Å². The topological polar surface area (TPSA) is 132 Å². The molecule has 0 amide bonds. The zero-order valence-electron chi connectivity index (χ0n) is 24.6. The highest BCUT2D eigenvalue weighted by Gasteiger charge is 2.12. The van der Waals surface area contributed by atoms with Crippen molar-refractivity contribution < 1.29 is 28.5 Å². The second kappa shape index (κ2) is 17.2. The number of para-hydroxylation sites is 2. The van der Waals surface area contributed by atoms with E-state index < -0.39 is 0 Å². The maximum Gasteiger partial charge on any atom is 0.305 e. The Morgan fingerprint density at radius 2 is 1.29 bits per heavy atom. The van der Waals surface area contributed by atoms with Gasteiger partial charge in [-0.25, -0.2) is 4.68 Å². The molecule has 0 spiro atoms. The molecule has 0 bridgehead atoms. The molecule has 0 aliphatic rings. The standard InChI is InChI=1S/2C15H19N3O3/c1-20-14-8-4-3-7-12(14)13-11-18(17-16-13)10-6-5-9-15(19)21-2;1-20-14-8-4-3-7-12(14)13-11-16-17-18(13)10-6-5-9-15(19)21-2/h2*3-4,7-8,11H,5-6,9-10H2,1-2H3. The average molecular weight is 579 g/mol. The highest BCUT2D eigenvalue weighted by molar-refractivity contribution is 5.69. The third-order valence-electron chi connectivity index (χ3n) is 6.40. The molecule has 0 aliphatic heterocycles. The van der Waals surface area contributed by atoms with Crippen LogP contribution in [0, 0.1) is 0 Å². The van der Waals surface area contributed by atoms with Crippen molar-refractivity contribution >= 4 is 11.9 Å². The molecule has 0 aliphatic carbocycles. The number of aromatic nitrogens is 6. The van der Waals surface area contributed by atoms with Crippen molar-refractivity contribution in [2.24, 2.45) is 0 Å². The van der Waals surface area contributed by atoms with Crippen LogP contribution in [0.15, 0.2) is 60.9 Å². The quantitative estimate of drug-likeness (QED) is 0.154. The first kappa shape index (κ1) is 31.8. The van der Waals surface area contributed by atoms with Gasteiger partial charge in [-0.05, 0) is 49.9 Å². The Labute approximate surface area is 245 Å². The van der Waals surface area contributed by atoms with Gasteiger partial charge in [0.25, 0.3) is 0 Å². The van der Waals surface area contributed by atoms with Gasteiger partial charge in [-0.3, -0.25) is 14.3 Å². The molecule has 2 aromatic carbocycles. The first-order valence-electron chi connectivity index (χ1n) is 13.7. The van der Waals surface area contributed by atoms with Gasteiger partial charge in [-0.1, -0.05) is 34.7 Å². The van der Waals surface area contributed by atoms with E-state index in [0.29, 0.717) is 19.4 Å². The molecule has 12 heteroatoms. The van der Waals surface area contributed by atoms with E-state index in [1.807, 2.05) is 59.4 Å². The van der Waals surface area contributed by atoms with Crippen molar-refractivity contribution in [2.75, 3.05) is 28.4 Å². The van der Waals surface area contributed by atoms with Gasteiger partial charge in [0, 0.05) is 37.1 Å². The number of ether oxygens (including phenoxy) is 4. The summed E-state index contributed by atoms with van der Waals surface area (Å²) < 4.78 is 23.5. The molecule has 4 aromatic rings. The summed E-state index contributed by atoms with van der Waals surface area (Å²) in [4.78, 5) is 22.1. The van der Waals surface area contributed by atoms with Crippen molar-refractivity contribution in [3.8, 4) is 34.0 Å². The van der Waals surface area contributed by atoms with Gasteiger partial charge in [0.05, 0.1) is 46.5 Å². The molecule has 42 heavy (non-hydrogen) atoms. The van der Waals surface area contributed by atoms with Crippen molar-refractivity contribution in [2.45, 2.75) is 51.6 Å². The monoisotopic (exact) mass is 578 g/mol. The van der Waals surface area contributed by atoms with E-state index >= 15 is 0 Å². The summed E-state index contributed by atoms with van der Waals surface area (Å²) in [6, 6.07) is 15.5. The third-order valence-corrected chi connectivity index (χ3v) is 6.40. The number of hydrogen-bond acceptors (Lipinski definition) is 10. The summed E-state index contributed by atoms with van der Waals surface area (Å²) in [7, 11) is 6.08. The molecular weight excluding hydrogens is 540 g/mol. The van der Waals surface area contributed by atoms with Crippen LogP contribution in [0.25, 0.3) is 22.5 Å². The van der Waals surface area contributed by atoms with Crippen LogP contribution in [0.2, 0.25) is 0 Å². The van der Waals surface area contributed by atoms with E-state index in [0.717, 1.165) is 66.2 Å². The Morgan fingerprint density at radius 3 is 1.90 bits per heavy atom. The van der Waals surface area contributed by atoms with E-state index in [4.69, 9.17) is 9.47 Å². The van der Waals surface area contributed by atoms with Gasteiger partial charge in [0.15, 0.2) is 0 Å². The van der Waals surface area contributed by atoms with Gasteiger partial charge in [-0.2, -0.15) is 0 Å². The largest absolute Gasteiger partial charge is 0.496 e. The van der Waals surface area contributed by atoms with Crippen LogP contribution in [-0.4, -0.2) is 70.4 Å². The Bertz CT molecular complexity index is 1400. The van der Waals surface area contributed by atoms with Gasteiger partial charge < -0.3 is 18.9 Å². The average Bonchev–Trinajstić information content (AvgIpc) is 3.71. The lowest BCUT2D eigenvalue weighted by Crippen LogP contribution is -2.05. The minimum atomic E-state index is -0.182. The molecule has 0 radical (unpaired) electrons. The Kier molecular flexibility index (Phi) is 13.0. The summed E-state index contributed by atoms with van der Waals surface area (Å²) in [5.74, 6) is 1.20. The third kappa shape index (κ3) is 9.43. The molecular formula is C30H38N6O6. The number of benzene rings is 2. The van der Waals surface area contributed by atoms with E-state index in [1.54, 1.807) is 25.1 Å². The van der Waals surface area contributed by atoms with Crippen molar-refractivity contribution in [3.05, 3.63) is 60.9 Å². The molecule has 2 heterocycles. The van der Waals surface area contributed by atoms with Gasteiger partial charge >= 0.3 is 11.9 Å². The van der Waals surface area contributed by atoms with Gasteiger partial charge in [0.2, 0.25) is 0 Å². The first-order chi connectivity index (χ1) is 20.5. The SMILES string of the molecule is COC(=O)CCCCn1cc(-c2ccccc2OC)nn1.COC(=O)CCCCn1nncc1-c1ccccc1OC. The summed E-state index contributed by atoms with van der Waals surface area (Å²) in [5.41, 5.74) is 3.56. The maximum absolute atomic E-state index is 11.1. The van der Waals surface area contributed by atoms with E-state index in [-0.39, 0.29) is 11.9 Å². The predicted molar refractivity (Wildman–Crippen MR) is 156 cm³/mol. The lowest BCUT2D eigenvalue weighted by Gasteiger charge is -2.09. The fraction of sp³-hybridized carbons (Fsp3) is 0.400. The van der Waals surface area contributed by atoms with Crippen LogP contribution in [0.1, 0.15) is 38.5 Å². The highest BCUT2D eigenvalue weighted by Crippen LogP contribution is 2.29. The molecule has 0 saturated heterocycles. The van der Waals surface area contributed by atoms with Crippen LogP contribution >= 0.6 is 0 Å². The number of esters is 2. The molecule has 0 fully saturated rings. The normalized spacial score (nSPS) is 10.4. The number of rotatable bonds is 14. The zero-order chi connectivity index (χ0) is 30.2. The van der Waals surface area contributed by atoms with Gasteiger partial charge in [0.1, 0.15) is 17.2 Å². The molecule has 12 nitrogen and oxygen atoms in total. The van der Waals surface area contributed by atoms with E-state index in [1.165, 1.54) is 14.2 Å². The fourth-order valence-electron chi connectivity index (χ4n) is 4.15.